The van der Waals surface area contributed by atoms with Crippen molar-refractivity contribution in [2.24, 2.45) is 17.3 Å². The molecule has 1 fully saturated rings. The van der Waals surface area contributed by atoms with Gasteiger partial charge in [-0.3, -0.25) is 4.79 Å². The molecule has 2 unspecified atom stereocenters. The fourth-order valence-electron chi connectivity index (χ4n) is 4.18. The van der Waals surface area contributed by atoms with Crippen LogP contribution in [0.5, 0.6) is 5.75 Å². The monoisotopic (exact) mass is 428 g/mol. The van der Waals surface area contributed by atoms with E-state index in [9.17, 15) is 9.59 Å². The Morgan fingerprint density at radius 3 is 1.94 bits per heavy atom. The van der Waals surface area contributed by atoms with Crippen LogP contribution in [-0.2, 0) is 25.2 Å². The molecular weight excluding hydrogens is 388 g/mol. The third kappa shape index (κ3) is 5.39. The van der Waals surface area contributed by atoms with Crippen molar-refractivity contribution in [2.75, 3.05) is 6.61 Å². The molecule has 0 radical (unpaired) electrons. The van der Waals surface area contributed by atoms with Crippen LogP contribution in [0, 0.1) is 24.2 Å². The van der Waals surface area contributed by atoms with E-state index in [1.165, 1.54) is 0 Å². The van der Waals surface area contributed by atoms with Crippen molar-refractivity contribution in [1.29, 1.82) is 0 Å². The second-order valence-corrected chi connectivity index (χ2v) is 11.5. The molecule has 0 aromatic heterocycles. The first-order valence-electron chi connectivity index (χ1n) is 11.2. The third-order valence-electron chi connectivity index (χ3n) is 6.24. The first-order chi connectivity index (χ1) is 14.0. The van der Waals surface area contributed by atoms with E-state index in [1.807, 2.05) is 19.9 Å². The smallest absolute Gasteiger partial charge is 0.333 e. The van der Waals surface area contributed by atoms with Crippen LogP contribution in [0.15, 0.2) is 23.8 Å². The Kier molecular flexibility index (Phi) is 6.85. The maximum Gasteiger partial charge on any atom is 0.333 e. The molecule has 0 spiro atoms. The Bertz CT molecular complexity index is 856. The van der Waals surface area contributed by atoms with Crippen molar-refractivity contribution in [1.82, 2.24) is 0 Å². The maximum absolute atomic E-state index is 13.4. The zero-order valence-corrected chi connectivity index (χ0v) is 21.2. The van der Waals surface area contributed by atoms with Crippen LogP contribution in [0.25, 0.3) is 0 Å². The highest BCUT2D eigenvalue weighted by Crippen LogP contribution is 2.60. The molecule has 1 aromatic rings. The Morgan fingerprint density at radius 2 is 1.52 bits per heavy atom. The summed E-state index contributed by atoms with van der Waals surface area (Å²) in [4.78, 5) is 25.4. The summed E-state index contributed by atoms with van der Waals surface area (Å²) >= 11 is 0. The van der Waals surface area contributed by atoms with Gasteiger partial charge in [-0.05, 0) is 42.9 Å². The molecular formula is C27H40O4. The molecule has 0 saturated heterocycles. The van der Waals surface area contributed by atoms with E-state index >= 15 is 0 Å². The van der Waals surface area contributed by atoms with Gasteiger partial charge in [-0.1, -0.05) is 79.2 Å². The van der Waals surface area contributed by atoms with Crippen LogP contribution in [0.4, 0.5) is 0 Å². The Hall–Kier alpha value is -2.10. The fourth-order valence-corrected chi connectivity index (χ4v) is 4.18. The first-order valence-corrected chi connectivity index (χ1v) is 11.2. The number of aryl methyl sites for hydroxylation is 1. The second kappa shape index (κ2) is 8.44. The molecule has 0 amide bonds. The van der Waals surface area contributed by atoms with Crippen molar-refractivity contribution in [3.05, 3.63) is 40.5 Å². The van der Waals surface area contributed by atoms with Gasteiger partial charge in [0.1, 0.15) is 5.75 Å². The van der Waals surface area contributed by atoms with Crippen LogP contribution in [0.1, 0.15) is 85.9 Å². The highest BCUT2D eigenvalue weighted by molar-refractivity contribution is 5.88. The van der Waals surface area contributed by atoms with Crippen LogP contribution in [0.2, 0.25) is 0 Å². The Balaban J connectivity index is 2.42. The van der Waals surface area contributed by atoms with Crippen molar-refractivity contribution in [3.8, 4) is 5.75 Å². The van der Waals surface area contributed by atoms with Crippen molar-refractivity contribution < 1.29 is 19.1 Å². The van der Waals surface area contributed by atoms with Gasteiger partial charge in [-0.15, -0.1) is 0 Å². The van der Waals surface area contributed by atoms with Crippen LogP contribution < -0.4 is 4.74 Å². The van der Waals surface area contributed by atoms with E-state index in [1.54, 1.807) is 13.8 Å². The molecule has 0 N–H and O–H groups in total. The molecule has 2 atom stereocenters. The zero-order valence-electron chi connectivity index (χ0n) is 21.2. The number of allylic oxidation sites excluding steroid dienone is 1. The highest BCUT2D eigenvalue weighted by atomic mass is 16.5. The van der Waals surface area contributed by atoms with Gasteiger partial charge in [-0.25, -0.2) is 4.79 Å². The number of ether oxygens (including phenoxy) is 2. The lowest BCUT2D eigenvalue weighted by molar-refractivity contribution is -0.139. The van der Waals surface area contributed by atoms with Gasteiger partial charge >= 0.3 is 11.9 Å². The average molecular weight is 429 g/mol. The molecule has 4 nitrogen and oxygen atoms in total. The number of benzene rings is 1. The van der Waals surface area contributed by atoms with Gasteiger partial charge < -0.3 is 9.47 Å². The van der Waals surface area contributed by atoms with E-state index in [2.05, 4.69) is 60.6 Å². The standard InChI is InChI=1S/C27H40O4/c1-12-30-23(28)17(3)15-18-21(27(18,10)11)24(29)31-22-19(25(4,5)6)13-16(2)14-20(22)26(7,8)9/h13-15,18,21H,12H2,1-11H3/b17-15+. The predicted octanol–water partition coefficient (Wildman–Crippen LogP) is 6.28. The highest BCUT2D eigenvalue weighted by Gasteiger charge is 2.62. The summed E-state index contributed by atoms with van der Waals surface area (Å²) in [7, 11) is 0. The SMILES string of the molecule is CCOC(=O)/C(C)=C/C1C(C(=O)Oc2c(C(C)(C)C)cc(C)cc2C(C)(C)C)C1(C)C. The number of carbonyl (C=O) groups excluding carboxylic acids is 2. The Morgan fingerprint density at radius 1 is 1.03 bits per heavy atom. The lowest BCUT2D eigenvalue weighted by atomic mass is 9.78. The lowest BCUT2D eigenvalue weighted by Crippen LogP contribution is -2.23. The van der Waals surface area contributed by atoms with Gasteiger partial charge in [0.2, 0.25) is 0 Å². The molecule has 1 aromatic carbocycles. The largest absolute Gasteiger partial charge is 0.463 e. The molecule has 0 aliphatic heterocycles. The van der Waals surface area contributed by atoms with Gasteiger partial charge in [0.05, 0.1) is 12.5 Å². The van der Waals surface area contributed by atoms with E-state index in [-0.39, 0.29) is 40.0 Å². The van der Waals surface area contributed by atoms with Gasteiger partial charge in [0, 0.05) is 16.7 Å². The van der Waals surface area contributed by atoms with Crippen molar-refractivity contribution in [3.63, 3.8) is 0 Å². The lowest BCUT2D eigenvalue weighted by Gasteiger charge is -2.30. The number of hydrogen-bond acceptors (Lipinski definition) is 4. The number of hydrogen-bond donors (Lipinski definition) is 0. The maximum atomic E-state index is 13.4. The minimum absolute atomic E-state index is 0.0500. The fraction of sp³-hybridized carbons (Fsp3) is 0.630. The summed E-state index contributed by atoms with van der Waals surface area (Å²) in [6.45, 7) is 22.9. The van der Waals surface area contributed by atoms with E-state index < -0.39 is 0 Å². The number of rotatable bonds is 5. The van der Waals surface area contributed by atoms with E-state index in [0.29, 0.717) is 17.9 Å². The van der Waals surface area contributed by atoms with Crippen LogP contribution in [0.3, 0.4) is 0 Å². The minimum atomic E-state index is -0.333. The minimum Gasteiger partial charge on any atom is -0.463 e. The summed E-state index contributed by atoms with van der Waals surface area (Å²) in [6.07, 6.45) is 1.87. The number of esters is 2. The second-order valence-electron chi connectivity index (χ2n) is 11.5. The Labute approximate surface area is 188 Å². The summed E-state index contributed by atoms with van der Waals surface area (Å²) < 4.78 is 11.3. The number of carbonyl (C=O) groups is 2. The molecule has 0 bridgehead atoms. The first kappa shape index (κ1) is 25.2. The molecule has 172 valence electrons. The molecule has 1 aliphatic rings. The zero-order chi connectivity index (χ0) is 23.9. The average Bonchev–Trinajstić information content (AvgIpc) is 3.14. The summed E-state index contributed by atoms with van der Waals surface area (Å²) in [5, 5.41) is 0. The van der Waals surface area contributed by atoms with Crippen LogP contribution in [-0.4, -0.2) is 18.5 Å². The topological polar surface area (TPSA) is 52.6 Å². The van der Waals surface area contributed by atoms with Crippen molar-refractivity contribution in [2.45, 2.75) is 87.0 Å². The molecule has 2 rings (SSSR count). The third-order valence-corrected chi connectivity index (χ3v) is 6.24. The molecule has 1 aliphatic carbocycles. The van der Waals surface area contributed by atoms with Gasteiger partial charge in [0.15, 0.2) is 0 Å². The van der Waals surface area contributed by atoms with Crippen LogP contribution >= 0.6 is 0 Å². The quantitative estimate of drug-likeness (QED) is 0.315. The molecule has 1 saturated carbocycles. The summed E-state index contributed by atoms with van der Waals surface area (Å²) in [6, 6.07) is 4.25. The van der Waals surface area contributed by atoms with E-state index in [4.69, 9.17) is 9.47 Å². The van der Waals surface area contributed by atoms with E-state index in [0.717, 1.165) is 16.7 Å². The predicted molar refractivity (Wildman–Crippen MR) is 125 cm³/mol. The molecule has 0 heterocycles. The summed E-state index contributed by atoms with van der Waals surface area (Å²) in [5.74, 6) is -0.225. The van der Waals surface area contributed by atoms with Gasteiger partial charge in [-0.2, -0.15) is 0 Å². The van der Waals surface area contributed by atoms with Crippen molar-refractivity contribution >= 4 is 11.9 Å². The molecule has 31 heavy (non-hydrogen) atoms. The summed E-state index contributed by atoms with van der Waals surface area (Å²) in [5.41, 5.74) is 3.18. The van der Waals surface area contributed by atoms with Gasteiger partial charge in [0.25, 0.3) is 0 Å². The normalized spacial score (nSPS) is 20.9. The molecule has 4 heteroatoms.